The molecule has 0 radical (unpaired) electrons. The van der Waals surface area contributed by atoms with Crippen LogP contribution in [0.3, 0.4) is 0 Å². The van der Waals surface area contributed by atoms with Crippen molar-refractivity contribution in [1.82, 2.24) is 4.90 Å². The van der Waals surface area contributed by atoms with Gasteiger partial charge in [0.05, 0.1) is 20.3 Å². The number of nitrogens with zero attached hydrogens (tertiary/aromatic N) is 1. The highest BCUT2D eigenvalue weighted by atomic mass is 16.5. The Morgan fingerprint density at radius 2 is 1.89 bits per heavy atom. The van der Waals surface area contributed by atoms with E-state index in [1.807, 2.05) is 0 Å². The highest BCUT2D eigenvalue weighted by Gasteiger charge is 2.16. The molecule has 0 saturated heterocycles. The Bertz CT molecular complexity index is 403. The highest BCUT2D eigenvalue weighted by molar-refractivity contribution is 5.95. The summed E-state index contributed by atoms with van der Waals surface area (Å²) in [5, 5.41) is 17.8. The minimum Gasteiger partial charge on any atom is -0.497 e. The zero-order valence-corrected chi connectivity index (χ0v) is 10.3. The maximum Gasteiger partial charge on any atom is 0.254 e. The summed E-state index contributed by atoms with van der Waals surface area (Å²) in [5.74, 6) is 0.190. The number of hydrogen-bond donors (Lipinski definition) is 3. The number of aliphatic hydroxyl groups is 2. The molecule has 6 nitrogen and oxygen atoms in total. The highest BCUT2D eigenvalue weighted by Crippen LogP contribution is 2.19. The van der Waals surface area contributed by atoms with Gasteiger partial charge in [-0.15, -0.1) is 0 Å². The number of methoxy groups -OCH3 is 1. The van der Waals surface area contributed by atoms with Gasteiger partial charge in [0, 0.05) is 30.4 Å². The number of aliphatic hydroxyl groups excluding tert-OH is 2. The molecular formula is C12H18N2O4. The fraction of sp³-hybridized carbons (Fsp3) is 0.417. The number of carbonyl (C=O) groups excluding carboxylic acids is 1. The molecule has 0 aliphatic heterocycles. The van der Waals surface area contributed by atoms with Gasteiger partial charge in [-0.05, 0) is 12.1 Å². The lowest BCUT2D eigenvalue weighted by Gasteiger charge is -2.21. The average Bonchev–Trinajstić information content (AvgIpc) is 2.36. The summed E-state index contributed by atoms with van der Waals surface area (Å²) in [5.41, 5.74) is 6.46. The van der Waals surface area contributed by atoms with Gasteiger partial charge in [0.2, 0.25) is 0 Å². The molecule has 0 spiro atoms. The number of benzene rings is 1. The lowest BCUT2D eigenvalue weighted by molar-refractivity contribution is 0.0684. The van der Waals surface area contributed by atoms with Crippen molar-refractivity contribution >= 4 is 11.6 Å². The summed E-state index contributed by atoms with van der Waals surface area (Å²) in [7, 11) is 1.49. The third-order valence-corrected chi connectivity index (χ3v) is 2.44. The minimum atomic E-state index is -0.302. The van der Waals surface area contributed by atoms with Crippen molar-refractivity contribution < 1.29 is 19.7 Å². The van der Waals surface area contributed by atoms with Gasteiger partial charge in [-0.1, -0.05) is 0 Å². The van der Waals surface area contributed by atoms with Crippen LogP contribution in [0.25, 0.3) is 0 Å². The Hall–Kier alpha value is -1.79. The van der Waals surface area contributed by atoms with Gasteiger partial charge < -0.3 is 25.6 Å². The lowest BCUT2D eigenvalue weighted by Crippen LogP contribution is -2.35. The number of hydrogen-bond acceptors (Lipinski definition) is 5. The number of carbonyl (C=O) groups is 1. The molecule has 1 aromatic carbocycles. The molecule has 1 aromatic rings. The SMILES string of the molecule is COc1cc(N)cc(C(=O)N(CCO)CCO)c1. The molecule has 4 N–H and O–H groups in total. The Morgan fingerprint density at radius 3 is 2.39 bits per heavy atom. The second-order valence-corrected chi connectivity index (χ2v) is 3.73. The van der Waals surface area contributed by atoms with Crippen LogP contribution in [-0.2, 0) is 0 Å². The topological polar surface area (TPSA) is 96.0 Å². The number of ether oxygens (including phenoxy) is 1. The third kappa shape index (κ3) is 3.61. The van der Waals surface area contributed by atoms with E-state index in [1.165, 1.54) is 18.1 Å². The Labute approximate surface area is 106 Å². The molecule has 0 atom stereocenters. The quantitative estimate of drug-likeness (QED) is 0.606. The van der Waals surface area contributed by atoms with Crippen LogP contribution >= 0.6 is 0 Å². The van der Waals surface area contributed by atoms with E-state index < -0.39 is 0 Å². The molecule has 1 amide bonds. The molecule has 0 unspecified atom stereocenters. The van der Waals surface area contributed by atoms with Gasteiger partial charge in [0.25, 0.3) is 5.91 Å². The molecule has 0 bridgehead atoms. The first kappa shape index (κ1) is 14.3. The molecule has 18 heavy (non-hydrogen) atoms. The summed E-state index contributed by atoms with van der Waals surface area (Å²) >= 11 is 0. The normalized spacial score (nSPS) is 10.2. The molecule has 6 heteroatoms. The van der Waals surface area contributed by atoms with Crippen LogP contribution in [0.15, 0.2) is 18.2 Å². The van der Waals surface area contributed by atoms with Gasteiger partial charge in [0.15, 0.2) is 0 Å². The van der Waals surface area contributed by atoms with Crippen molar-refractivity contribution in [3.05, 3.63) is 23.8 Å². The molecule has 0 fully saturated rings. The van der Waals surface area contributed by atoms with Crippen LogP contribution in [0, 0.1) is 0 Å². The Morgan fingerprint density at radius 1 is 1.28 bits per heavy atom. The van der Waals surface area contributed by atoms with Gasteiger partial charge in [-0.3, -0.25) is 4.79 Å². The van der Waals surface area contributed by atoms with E-state index in [1.54, 1.807) is 12.1 Å². The van der Waals surface area contributed by atoms with E-state index in [-0.39, 0.29) is 32.2 Å². The first-order valence-corrected chi connectivity index (χ1v) is 5.58. The summed E-state index contributed by atoms with van der Waals surface area (Å²) < 4.78 is 5.04. The van der Waals surface area contributed by atoms with E-state index in [9.17, 15) is 4.79 Å². The third-order valence-electron chi connectivity index (χ3n) is 2.44. The number of anilines is 1. The summed E-state index contributed by atoms with van der Waals surface area (Å²) in [6, 6.07) is 4.71. The monoisotopic (exact) mass is 254 g/mol. The predicted octanol–water partition coefficient (Wildman–Crippen LogP) is -0.296. The van der Waals surface area contributed by atoms with E-state index in [2.05, 4.69) is 0 Å². The number of rotatable bonds is 6. The van der Waals surface area contributed by atoms with Gasteiger partial charge in [-0.2, -0.15) is 0 Å². The molecule has 1 rings (SSSR count). The lowest BCUT2D eigenvalue weighted by atomic mass is 10.1. The molecule has 0 aliphatic carbocycles. The van der Waals surface area contributed by atoms with Gasteiger partial charge in [0.1, 0.15) is 5.75 Å². The van der Waals surface area contributed by atoms with Crippen LogP contribution in [0.5, 0.6) is 5.75 Å². The van der Waals surface area contributed by atoms with E-state index in [4.69, 9.17) is 20.7 Å². The van der Waals surface area contributed by atoms with Crippen molar-refractivity contribution in [3.8, 4) is 5.75 Å². The smallest absolute Gasteiger partial charge is 0.254 e. The first-order chi connectivity index (χ1) is 8.62. The van der Waals surface area contributed by atoms with Crippen molar-refractivity contribution in [2.24, 2.45) is 0 Å². The Balaban J connectivity index is 2.96. The zero-order chi connectivity index (χ0) is 13.5. The first-order valence-electron chi connectivity index (χ1n) is 5.58. The minimum absolute atomic E-state index is 0.162. The molecular weight excluding hydrogens is 236 g/mol. The van der Waals surface area contributed by atoms with Crippen molar-refractivity contribution in [3.63, 3.8) is 0 Å². The molecule has 100 valence electrons. The van der Waals surface area contributed by atoms with Crippen molar-refractivity contribution in [2.75, 3.05) is 39.1 Å². The van der Waals surface area contributed by atoms with Crippen LogP contribution in [0.4, 0.5) is 5.69 Å². The number of nitrogen functional groups attached to an aromatic ring is 1. The van der Waals surface area contributed by atoms with E-state index >= 15 is 0 Å². The van der Waals surface area contributed by atoms with Crippen LogP contribution in [0.1, 0.15) is 10.4 Å². The van der Waals surface area contributed by atoms with Crippen molar-refractivity contribution in [2.45, 2.75) is 0 Å². The number of amides is 1. The largest absolute Gasteiger partial charge is 0.497 e. The summed E-state index contributed by atoms with van der Waals surface area (Å²) in [6.45, 7) is 0.00337. The van der Waals surface area contributed by atoms with Gasteiger partial charge >= 0.3 is 0 Å². The summed E-state index contributed by atoms with van der Waals surface area (Å²) in [6.07, 6.45) is 0. The average molecular weight is 254 g/mol. The summed E-state index contributed by atoms with van der Waals surface area (Å²) in [4.78, 5) is 13.5. The fourth-order valence-corrected chi connectivity index (χ4v) is 1.60. The fourth-order valence-electron chi connectivity index (χ4n) is 1.60. The van der Waals surface area contributed by atoms with Crippen LogP contribution in [0.2, 0.25) is 0 Å². The Kier molecular flexibility index (Phi) is 5.41. The van der Waals surface area contributed by atoms with Crippen molar-refractivity contribution in [1.29, 1.82) is 0 Å². The maximum absolute atomic E-state index is 12.1. The standard InChI is InChI=1S/C12H18N2O4/c1-18-11-7-9(6-10(13)8-11)12(17)14(2-4-15)3-5-16/h6-8,15-16H,2-5,13H2,1H3. The number of nitrogens with two attached hydrogens (primary N) is 1. The predicted molar refractivity (Wildman–Crippen MR) is 67.5 cm³/mol. The zero-order valence-electron chi connectivity index (χ0n) is 10.3. The second kappa shape index (κ2) is 6.83. The van der Waals surface area contributed by atoms with Crippen LogP contribution < -0.4 is 10.5 Å². The molecule has 0 aromatic heterocycles. The van der Waals surface area contributed by atoms with E-state index in [0.29, 0.717) is 17.0 Å². The molecule has 0 heterocycles. The molecule has 0 saturated carbocycles. The van der Waals surface area contributed by atoms with Gasteiger partial charge in [-0.25, -0.2) is 0 Å². The maximum atomic E-state index is 12.1. The van der Waals surface area contributed by atoms with Crippen LogP contribution in [-0.4, -0.2) is 54.4 Å². The van der Waals surface area contributed by atoms with E-state index in [0.717, 1.165) is 0 Å². The molecule has 0 aliphatic rings. The second-order valence-electron chi connectivity index (χ2n) is 3.73.